The van der Waals surface area contributed by atoms with Gasteiger partial charge in [-0.3, -0.25) is 4.79 Å². The van der Waals surface area contributed by atoms with E-state index in [4.69, 9.17) is 4.74 Å². The number of rotatable bonds is 5. The Hall–Kier alpha value is -0.180. The van der Waals surface area contributed by atoms with Crippen molar-refractivity contribution in [2.75, 3.05) is 5.75 Å². The third-order valence-corrected chi connectivity index (χ3v) is 3.43. The van der Waals surface area contributed by atoms with Crippen molar-refractivity contribution in [3.63, 3.8) is 0 Å². The SMILES string of the molecule is CCC(C)CC(C)(CS)OC(=O)C(C)(C)C. The van der Waals surface area contributed by atoms with Crippen molar-refractivity contribution in [1.82, 2.24) is 0 Å². The molecule has 0 fully saturated rings. The third kappa shape index (κ3) is 5.24. The molecule has 2 nitrogen and oxygen atoms in total. The first-order chi connectivity index (χ1) is 7.14. The third-order valence-electron chi connectivity index (χ3n) is 2.76. The van der Waals surface area contributed by atoms with Gasteiger partial charge in [0.05, 0.1) is 5.41 Å². The van der Waals surface area contributed by atoms with E-state index in [1.165, 1.54) is 0 Å². The summed E-state index contributed by atoms with van der Waals surface area (Å²) < 4.78 is 5.61. The van der Waals surface area contributed by atoms with Crippen LogP contribution in [-0.4, -0.2) is 17.3 Å². The van der Waals surface area contributed by atoms with E-state index in [0.29, 0.717) is 11.7 Å². The highest BCUT2D eigenvalue weighted by Crippen LogP contribution is 2.28. The summed E-state index contributed by atoms with van der Waals surface area (Å²) in [4.78, 5) is 11.9. The smallest absolute Gasteiger partial charge is 0.311 e. The van der Waals surface area contributed by atoms with E-state index in [1.807, 2.05) is 27.7 Å². The fraction of sp³-hybridized carbons (Fsp3) is 0.923. The summed E-state index contributed by atoms with van der Waals surface area (Å²) in [5, 5.41) is 0. The Bertz CT molecular complexity index is 233. The Morgan fingerprint density at radius 2 is 1.81 bits per heavy atom. The zero-order valence-corrected chi connectivity index (χ0v) is 12.4. The molecule has 0 heterocycles. The molecule has 0 N–H and O–H groups in total. The van der Waals surface area contributed by atoms with Crippen LogP contribution in [0.15, 0.2) is 0 Å². The monoisotopic (exact) mass is 246 g/mol. The highest BCUT2D eigenvalue weighted by molar-refractivity contribution is 7.80. The molecule has 0 aliphatic heterocycles. The van der Waals surface area contributed by atoms with Crippen LogP contribution in [0.1, 0.15) is 54.4 Å². The van der Waals surface area contributed by atoms with Crippen molar-refractivity contribution in [3.05, 3.63) is 0 Å². The maximum Gasteiger partial charge on any atom is 0.311 e. The van der Waals surface area contributed by atoms with Crippen LogP contribution in [0.3, 0.4) is 0 Å². The van der Waals surface area contributed by atoms with Crippen molar-refractivity contribution in [2.45, 2.75) is 60.0 Å². The van der Waals surface area contributed by atoms with Gasteiger partial charge in [-0.2, -0.15) is 12.6 Å². The Balaban J connectivity index is 4.54. The minimum absolute atomic E-state index is 0.146. The molecule has 16 heavy (non-hydrogen) atoms. The maximum atomic E-state index is 11.9. The van der Waals surface area contributed by atoms with Gasteiger partial charge in [0.15, 0.2) is 0 Å². The molecule has 0 saturated carbocycles. The second kappa shape index (κ2) is 5.95. The van der Waals surface area contributed by atoms with Gasteiger partial charge in [0.2, 0.25) is 0 Å². The normalized spacial score (nSPS) is 17.7. The molecule has 0 aliphatic rings. The van der Waals surface area contributed by atoms with Gasteiger partial charge in [-0.05, 0) is 40.0 Å². The number of ether oxygens (including phenoxy) is 1. The molecule has 0 rings (SSSR count). The van der Waals surface area contributed by atoms with E-state index in [-0.39, 0.29) is 5.97 Å². The number of hydrogen-bond donors (Lipinski definition) is 1. The highest BCUT2D eigenvalue weighted by Gasteiger charge is 2.33. The molecule has 0 saturated heterocycles. The van der Waals surface area contributed by atoms with Crippen LogP contribution >= 0.6 is 12.6 Å². The number of esters is 1. The van der Waals surface area contributed by atoms with Gasteiger partial charge < -0.3 is 4.74 Å². The molecule has 0 bridgehead atoms. The Kier molecular flexibility index (Phi) is 5.88. The summed E-state index contributed by atoms with van der Waals surface area (Å²) >= 11 is 4.31. The van der Waals surface area contributed by atoms with E-state index in [1.54, 1.807) is 0 Å². The first-order valence-corrected chi connectivity index (χ1v) is 6.62. The lowest BCUT2D eigenvalue weighted by Gasteiger charge is -2.33. The lowest BCUT2D eigenvalue weighted by atomic mass is 9.91. The average molecular weight is 246 g/mol. The van der Waals surface area contributed by atoms with Crippen LogP contribution < -0.4 is 0 Å². The molecule has 96 valence electrons. The summed E-state index contributed by atoms with van der Waals surface area (Å²) in [6.07, 6.45) is 1.96. The minimum atomic E-state index is -0.445. The predicted molar refractivity (Wildman–Crippen MR) is 71.9 cm³/mol. The molecule has 2 atom stereocenters. The first-order valence-electron chi connectivity index (χ1n) is 5.99. The number of carbonyl (C=O) groups is 1. The van der Waals surface area contributed by atoms with Crippen LogP contribution in [0.5, 0.6) is 0 Å². The number of thiol groups is 1. The number of carbonyl (C=O) groups excluding carboxylic acids is 1. The maximum absolute atomic E-state index is 11.9. The van der Waals surface area contributed by atoms with Gasteiger partial charge in [0.1, 0.15) is 5.60 Å². The molecule has 0 spiro atoms. The molecule has 3 heteroatoms. The summed E-state index contributed by atoms with van der Waals surface area (Å²) in [5.41, 5.74) is -0.886. The standard InChI is InChI=1S/C13H26O2S/c1-7-10(2)8-13(6,9-16)15-11(14)12(3,4)5/h10,16H,7-9H2,1-6H3. The van der Waals surface area contributed by atoms with E-state index < -0.39 is 11.0 Å². The second-order valence-corrected chi connectivity index (χ2v) is 6.28. The van der Waals surface area contributed by atoms with Gasteiger partial charge in [-0.15, -0.1) is 0 Å². The van der Waals surface area contributed by atoms with Crippen LogP contribution in [-0.2, 0) is 9.53 Å². The van der Waals surface area contributed by atoms with Gasteiger partial charge >= 0.3 is 5.97 Å². The minimum Gasteiger partial charge on any atom is -0.458 e. The fourth-order valence-corrected chi connectivity index (χ4v) is 1.59. The lowest BCUT2D eigenvalue weighted by molar-refractivity contribution is -0.167. The molecule has 0 aromatic rings. The topological polar surface area (TPSA) is 26.3 Å². The van der Waals surface area contributed by atoms with Crippen LogP contribution in [0.4, 0.5) is 0 Å². The summed E-state index contributed by atoms with van der Waals surface area (Å²) in [6, 6.07) is 0. The zero-order valence-electron chi connectivity index (χ0n) is 11.5. The lowest BCUT2D eigenvalue weighted by Crippen LogP contribution is -2.39. The molecule has 0 aliphatic carbocycles. The summed E-state index contributed by atoms with van der Waals surface area (Å²) in [6.45, 7) is 11.9. The van der Waals surface area contributed by atoms with Crippen molar-refractivity contribution in [1.29, 1.82) is 0 Å². The van der Waals surface area contributed by atoms with Gasteiger partial charge in [-0.25, -0.2) is 0 Å². The van der Waals surface area contributed by atoms with E-state index in [9.17, 15) is 4.79 Å². The van der Waals surface area contributed by atoms with Gasteiger partial charge in [-0.1, -0.05) is 20.3 Å². The summed E-state index contributed by atoms with van der Waals surface area (Å²) in [5.74, 6) is 0.969. The van der Waals surface area contributed by atoms with E-state index >= 15 is 0 Å². The average Bonchev–Trinajstić information content (AvgIpc) is 2.16. The van der Waals surface area contributed by atoms with Crippen LogP contribution in [0, 0.1) is 11.3 Å². The van der Waals surface area contributed by atoms with Crippen molar-refractivity contribution in [2.24, 2.45) is 11.3 Å². The second-order valence-electron chi connectivity index (χ2n) is 5.97. The first kappa shape index (κ1) is 15.8. The van der Waals surface area contributed by atoms with Gasteiger partial charge in [0, 0.05) is 5.75 Å². The molecular formula is C13H26O2S. The van der Waals surface area contributed by atoms with Crippen molar-refractivity contribution in [3.8, 4) is 0 Å². The largest absolute Gasteiger partial charge is 0.458 e. The Morgan fingerprint density at radius 1 is 1.31 bits per heavy atom. The van der Waals surface area contributed by atoms with Gasteiger partial charge in [0.25, 0.3) is 0 Å². The molecule has 0 radical (unpaired) electrons. The highest BCUT2D eigenvalue weighted by atomic mass is 32.1. The van der Waals surface area contributed by atoms with E-state index in [2.05, 4.69) is 26.5 Å². The van der Waals surface area contributed by atoms with Crippen molar-refractivity contribution >= 4 is 18.6 Å². The Morgan fingerprint density at radius 3 is 2.12 bits per heavy atom. The van der Waals surface area contributed by atoms with Crippen LogP contribution in [0.2, 0.25) is 0 Å². The van der Waals surface area contributed by atoms with Crippen LogP contribution in [0.25, 0.3) is 0 Å². The van der Waals surface area contributed by atoms with Crippen molar-refractivity contribution < 1.29 is 9.53 Å². The molecule has 2 unspecified atom stereocenters. The number of hydrogen-bond acceptors (Lipinski definition) is 3. The Labute approximate surface area is 106 Å². The molecule has 0 amide bonds. The fourth-order valence-electron chi connectivity index (χ4n) is 1.40. The predicted octanol–water partition coefficient (Wildman–Crippen LogP) is 3.70. The molecule has 0 aromatic carbocycles. The van der Waals surface area contributed by atoms with E-state index in [0.717, 1.165) is 12.8 Å². The molecule has 0 aromatic heterocycles. The molecular weight excluding hydrogens is 220 g/mol. The summed E-state index contributed by atoms with van der Waals surface area (Å²) in [7, 11) is 0. The zero-order chi connectivity index (χ0) is 13.0. The quantitative estimate of drug-likeness (QED) is 0.591.